The summed E-state index contributed by atoms with van der Waals surface area (Å²) in [5.74, 6) is 1.89. The summed E-state index contributed by atoms with van der Waals surface area (Å²) in [5.41, 5.74) is 1.57. The smallest absolute Gasteiger partial charge is 0.282 e. The maximum atomic E-state index is 13.3. The first-order chi connectivity index (χ1) is 16.7. The molecule has 0 amide bonds. The monoisotopic (exact) mass is 450 g/mol. The number of benzene rings is 3. The van der Waals surface area contributed by atoms with Gasteiger partial charge in [-0.3, -0.25) is 4.79 Å². The molecule has 0 aliphatic carbocycles. The highest BCUT2D eigenvalue weighted by Gasteiger charge is 2.17. The van der Waals surface area contributed by atoms with E-state index in [0.717, 1.165) is 10.9 Å². The third-order valence-corrected chi connectivity index (χ3v) is 5.22. The molecule has 0 bridgehead atoms. The maximum absolute atomic E-state index is 13.3. The zero-order valence-electron chi connectivity index (χ0n) is 18.1. The molecule has 0 spiro atoms. The lowest BCUT2D eigenvalue weighted by Crippen LogP contribution is -2.20. The molecule has 5 aromatic rings. The van der Waals surface area contributed by atoms with E-state index in [2.05, 4.69) is 10.1 Å². The molecule has 3 aromatic carbocycles. The van der Waals surface area contributed by atoms with Gasteiger partial charge in [0.15, 0.2) is 12.4 Å². The molecule has 0 radical (unpaired) electrons. The van der Waals surface area contributed by atoms with Crippen LogP contribution in [0.2, 0.25) is 0 Å². The predicted molar refractivity (Wildman–Crippen MR) is 128 cm³/mol. The van der Waals surface area contributed by atoms with Gasteiger partial charge in [0, 0.05) is 0 Å². The molecule has 0 N–H and O–H groups in total. The summed E-state index contributed by atoms with van der Waals surface area (Å²) < 4.78 is 18.0. The lowest BCUT2D eigenvalue weighted by Gasteiger charge is -2.07. The van der Waals surface area contributed by atoms with Crippen molar-refractivity contribution in [2.45, 2.75) is 0 Å². The zero-order valence-corrected chi connectivity index (χ0v) is 18.1. The van der Waals surface area contributed by atoms with E-state index < -0.39 is 0 Å². The van der Waals surface area contributed by atoms with Crippen LogP contribution in [0.5, 0.6) is 11.5 Å². The summed E-state index contributed by atoms with van der Waals surface area (Å²) in [6.45, 7) is -0.0305. The van der Waals surface area contributed by atoms with Crippen molar-refractivity contribution in [3.63, 3.8) is 0 Å². The number of nitriles is 1. The summed E-state index contributed by atoms with van der Waals surface area (Å²) in [5, 5.41) is 14.3. The molecule has 0 aliphatic heterocycles. The van der Waals surface area contributed by atoms with Crippen LogP contribution in [0.25, 0.3) is 33.5 Å². The summed E-state index contributed by atoms with van der Waals surface area (Å²) in [6.07, 6.45) is 1.55. The van der Waals surface area contributed by atoms with Gasteiger partial charge < -0.3 is 13.9 Å². The van der Waals surface area contributed by atoms with Crippen LogP contribution in [-0.2, 0) is 0 Å². The zero-order chi connectivity index (χ0) is 23.5. The molecular formula is C26H18N4O4. The van der Waals surface area contributed by atoms with E-state index in [1.807, 2.05) is 30.3 Å². The molecule has 166 valence electrons. The fraction of sp³-hybridized carbons (Fsp3) is 0.0769. The molecule has 2 heterocycles. The van der Waals surface area contributed by atoms with E-state index in [1.54, 1.807) is 61.9 Å². The van der Waals surface area contributed by atoms with Gasteiger partial charge >= 0.3 is 0 Å². The van der Waals surface area contributed by atoms with Gasteiger partial charge in [-0.05, 0) is 60.2 Å². The van der Waals surface area contributed by atoms with Crippen molar-refractivity contribution in [2.75, 3.05) is 13.7 Å². The number of methoxy groups -OCH3 is 1. The fourth-order valence-corrected chi connectivity index (χ4v) is 3.60. The summed E-state index contributed by atoms with van der Waals surface area (Å²) in [4.78, 5) is 18.0. The summed E-state index contributed by atoms with van der Waals surface area (Å²) >= 11 is 0. The van der Waals surface area contributed by atoms with E-state index >= 15 is 0 Å². The Kier molecular flexibility index (Phi) is 5.50. The van der Waals surface area contributed by atoms with Crippen molar-refractivity contribution in [1.29, 1.82) is 5.26 Å². The Morgan fingerprint density at radius 2 is 1.91 bits per heavy atom. The third kappa shape index (κ3) is 3.87. The van der Waals surface area contributed by atoms with Crippen LogP contribution in [0.15, 0.2) is 87.1 Å². The Bertz CT molecular complexity index is 1630. The van der Waals surface area contributed by atoms with E-state index in [0.29, 0.717) is 33.7 Å². The molecule has 34 heavy (non-hydrogen) atoms. The molecule has 0 fully saturated rings. The maximum Gasteiger partial charge on any atom is 0.282 e. The average molecular weight is 450 g/mol. The number of hydrogen-bond donors (Lipinski definition) is 0. The molecule has 8 nitrogen and oxygen atoms in total. The van der Waals surface area contributed by atoms with E-state index in [-0.39, 0.29) is 18.0 Å². The molecule has 0 saturated carbocycles. The molecule has 2 aromatic heterocycles. The summed E-state index contributed by atoms with van der Waals surface area (Å²) in [7, 11) is 1.59. The second kappa shape index (κ2) is 8.92. The van der Waals surface area contributed by atoms with Crippen molar-refractivity contribution in [3.8, 4) is 29.2 Å². The predicted octanol–water partition coefficient (Wildman–Crippen LogP) is 4.60. The van der Waals surface area contributed by atoms with E-state index in [4.69, 9.17) is 19.2 Å². The van der Waals surface area contributed by atoms with Crippen LogP contribution in [0.4, 0.5) is 0 Å². The minimum atomic E-state index is -0.321. The van der Waals surface area contributed by atoms with Gasteiger partial charge in [-0.15, -0.1) is 0 Å². The fourth-order valence-electron chi connectivity index (χ4n) is 3.60. The molecule has 5 rings (SSSR count). The normalized spacial score (nSPS) is 11.2. The highest BCUT2D eigenvalue weighted by atomic mass is 16.5. The molecule has 0 unspecified atom stereocenters. The van der Waals surface area contributed by atoms with Gasteiger partial charge in [0.05, 0.1) is 29.6 Å². The number of nitrogens with zero attached hydrogens (tertiary/aromatic N) is 4. The van der Waals surface area contributed by atoms with Crippen LogP contribution >= 0.6 is 0 Å². The number of ether oxygens (including phenoxy) is 2. The van der Waals surface area contributed by atoms with E-state index in [1.165, 1.54) is 4.68 Å². The number of furan rings is 1. The van der Waals surface area contributed by atoms with Gasteiger partial charge in [-0.1, -0.05) is 18.2 Å². The topological polar surface area (TPSA) is 103 Å². The second-order valence-electron chi connectivity index (χ2n) is 7.31. The minimum absolute atomic E-state index is 0.0305. The second-order valence-corrected chi connectivity index (χ2v) is 7.31. The quantitative estimate of drug-likeness (QED) is 0.350. The van der Waals surface area contributed by atoms with Crippen molar-refractivity contribution < 1.29 is 13.9 Å². The van der Waals surface area contributed by atoms with E-state index in [9.17, 15) is 4.79 Å². The molecular weight excluding hydrogens is 432 g/mol. The Balaban J connectivity index is 1.63. The lowest BCUT2D eigenvalue weighted by atomic mass is 10.2. The Hall–Kier alpha value is -4.90. The molecule has 8 heteroatoms. The highest BCUT2D eigenvalue weighted by molar-refractivity contribution is 5.88. The highest BCUT2D eigenvalue weighted by Crippen LogP contribution is 2.32. The first kappa shape index (κ1) is 21.0. The van der Waals surface area contributed by atoms with Gasteiger partial charge in [0.1, 0.15) is 23.2 Å². The summed E-state index contributed by atoms with van der Waals surface area (Å²) in [6, 6.07) is 23.3. The number of para-hydroxylation sites is 1. The Morgan fingerprint density at radius 1 is 1.09 bits per heavy atom. The standard InChI is InChI=1S/C26H18N4O4/c1-32-22-7-4-8-23-20(22)15-24(34-23)25-29-21-6-3-2-5-19(21)26(31)30(25)28-16-17-9-11-18(12-10-17)33-14-13-27/h2-12,15-16H,14H2,1H3. The Morgan fingerprint density at radius 3 is 2.71 bits per heavy atom. The molecule has 0 aliphatic rings. The van der Waals surface area contributed by atoms with Gasteiger partial charge in [0.25, 0.3) is 5.56 Å². The average Bonchev–Trinajstić information content (AvgIpc) is 3.32. The number of aromatic nitrogens is 2. The van der Waals surface area contributed by atoms with Crippen LogP contribution in [-0.4, -0.2) is 29.6 Å². The number of rotatable bonds is 6. The third-order valence-electron chi connectivity index (χ3n) is 5.22. The van der Waals surface area contributed by atoms with Crippen LogP contribution in [0.1, 0.15) is 5.56 Å². The van der Waals surface area contributed by atoms with Crippen molar-refractivity contribution >= 4 is 28.1 Å². The van der Waals surface area contributed by atoms with Crippen molar-refractivity contribution in [3.05, 3.63) is 88.7 Å². The van der Waals surface area contributed by atoms with Gasteiger partial charge in [-0.2, -0.15) is 15.0 Å². The van der Waals surface area contributed by atoms with Crippen molar-refractivity contribution in [1.82, 2.24) is 9.66 Å². The largest absolute Gasteiger partial charge is 0.496 e. The lowest BCUT2D eigenvalue weighted by molar-refractivity contribution is 0.368. The molecule has 0 saturated heterocycles. The molecule has 0 atom stereocenters. The van der Waals surface area contributed by atoms with Crippen LogP contribution in [0.3, 0.4) is 0 Å². The SMILES string of the molecule is COc1cccc2oc(-c3nc4ccccc4c(=O)n3N=Cc3ccc(OCC#N)cc3)cc12. The van der Waals surface area contributed by atoms with Crippen molar-refractivity contribution in [2.24, 2.45) is 5.10 Å². The number of fused-ring (bicyclic) bond motifs is 2. The Labute approximate surface area is 193 Å². The van der Waals surface area contributed by atoms with Gasteiger partial charge in [0.2, 0.25) is 5.82 Å². The minimum Gasteiger partial charge on any atom is -0.496 e. The van der Waals surface area contributed by atoms with Crippen LogP contribution < -0.4 is 15.0 Å². The first-order valence-electron chi connectivity index (χ1n) is 10.4. The first-order valence-corrected chi connectivity index (χ1v) is 10.4. The van der Waals surface area contributed by atoms with Crippen LogP contribution in [0, 0.1) is 11.3 Å². The number of hydrogen-bond acceptors (Lipinski definition) is 7. The van der Waals surface area contributed by atoms with Gasteiger partial charge in [-0.25, -0.2) is 4.98 Å².